The minimum absolute atomic E-state index is 0.357. The summed E-state index contributed by atoms with van der Waals surface area (Å²) in [4.78, 5) is 12.6. The van der Waals surface area contributed by atoms with E-state index in [1.807, 2.05) is 0 Å². The first kappa shape index (κ1) is 65.8. The van der Waals surface area contributed by atoms with Gasteiger partial charge in [0, 0.05) is 0 Å². The van der Waals surface area contributed by atoms with Crippen molar-refractivity contribution < 1.29 is 25.2 Å². The Hall–Kier alpha value is -1.21. The van der Waals surface area contributed by atoms with E-state index in [1.165, 1.54) is 257 Å². The van der Waals surface area contributed by atoms with Crippen LogP contribution < -0.4 is 5.32 Å². The maximum Gasteiger partial charge on any atom is 0.249 e. The van der Waals surface area contributed by atoms with Gasteiger partial charge in [-0.05, 0) is 64.2 Å². The Morgan fingerprint density at radius 1 is 0.358 bits per heavy atom. The molecule has 6 nitrogen and oxygen atoms in total. The van der Waals surface area contributed by atoms with Gasteiger partial charge in [0.2, 0.25) is 5.91 Å². The number of nitrogens with one attached hydrogen (secondary N) is 1. The number of aliphatic hydroxyl groups is 4. The summed E-state index contributed by atoms with van der Waals surface area (Å²) in [6.07, 6.45) is 68.4. The van der Waals surface area contributed by atoms with E-state index in [0.29, 0.717) is 12.8 Å². The summed E-state index contributed by atoms with van der Waals surface area (Å²) >= 11 is 0. The summed E-state index contributed by atoms with van der Waals surface area (Å²) in [5, 5.41) is 44.0. The summed E-state index contributed by atoms with van der Waals surface area (Å²) in [5.74, 6) is -0.594. The highest BCUT2D eigenvalue weighted by Gasteiger charge is 2.28. The molecule has 0 aromatic heterocycles. The Balaban J connectivity index is 3.60. The Labute approximate surface area is 418 Å². The molecule has 4 atom stereocenters. The fraction of sp³-hybridized carbons (Fsp3) is 0.918. The van der Waals surface area contributed by atoms with E-state index in [2.05, 4.69) is 43.5 Å². The van der Waals surface area contributed by atoms with Crippen LogP contribution in [-0.2, 0) is 4.79 Å². The molecule has 0 saturated carbocycles. The Morgan fingerprint density at radius 2 is 0.612 bits per heavy atom. The number of carbonyl (C=O) groups excluding carboxylic acids is 1. The van der Waals surface area contributed by atoms with Crippen LogP contribution >= 0.6 is 0 Å². The topological polar surface area (TPSA) is 110 Å². The van der Waals surface area contributed by atoms with Crippen LogP contribution in [0, 0.1) is 0 Å². The first-order valence-electron chi connectivity index (χ1n) is 30.2. The normalized spacial score (nSPS) is 13.8. The fourth-order valence-electron chi connectivity index (χ4n) is 9.64. The van der Waals surface area contributed by atoms with Crippen LogP contribution in [0.25, 0.3) is 0 Å². The second-order valence-corrected chi connectivity index (χ2v) is 21.0. The van der Waals surface area contributed by atoms with E-state index in [-0.39, 0.29) is 0 Å². The van der Waals surface area contributed by atoms with E-state index in [1.54, 1.807) is 0 Å². The van der Waals surface area contributed by atoms with Gasteiger partial charge in [-0.3, -0.25) is 4.79 Å². The monoisotopic (exact) mass is 946 g/mol. The van der Waals surface area contributed by atoms with Crippen LogP contribution in [0.2, 0.25) is 0 Å². The zero-order valence-corrected chi connectivity index (χ0v) is 45.2. The van der Waals surface area contributed by atoms with Crippen molar-refractivity contribution in [2.45, 2.75) is 353 Å². The van der Waals surface area contributed by atoms with Crippen molar-refractivity contribution in [2.75, 3.05) is 6.61 Å². The van der Waals surface area contributed by atoms with Crippen molar-refractivity contribution in [2.24, 2.45) is 0 Å². The molecule has 0 aromatic rings. The molecule has 0 fully saturated rings. The maximum absolute atomic E-state index is 12.6. The number of aliphatic hydroxyl groups excluding tert-OH is 4. The molecule has 0 bridgehead atoms. The molecule has 0 aromatic carbocycles. The Morgan fingerprint density at radius 3 is 0.896 bits per heavy atom. The lowest BCUT2D eigenvalue weighted by Gasteiger charge is -2.27. The molecule has 0 rings (SSSR count). The first-order chi connectivity index (χ1) is 33.0. The summed E-state index contributed by atoms with van der Waals surface area (Å²) in [6, 6.07) is -1.00. The largest absolute Gasteiger partial charge is 0.394 e. The van der Waals surface area contributed by atoms with Crippen LogP contribution in [-0.4, -0.2) is 57.3 Å². The predicted molar refractivity (Wildman–Crippen MR) is 293 cm³/mol. The zero-order chi connectivity index (χ0) is 48.8. The average Bonchev–Trinajstić information content (AvgIpc) is 3.33. The molecule has 0 aliphatic rings. The molecule has 1 amide bonds. The van der Waals surface area contributed by atoms with Crippen molar-refractivity contribution in [3.63, 3.8) is 0 Å². The average molecular weight is 947 g/mol. The van der Waals surface area contributed by atoms with Crippen LogP contribution in [0.15, 0.2) is 24.3 Å². The van der Waals surface area contributed by atoms with Gasteiger partial charge in [-0.2, -0.15) is 0 Å². The van der Waals surface area contributed by atoms with Gasteiger partial charge < -0.3 is 25.7 Å². The molecule has 67 heavy (non-hydrogen) atoms. The Bertz CT molecular complexity index is 1020. The maximum atomic E-state index is 12.6. The lowest BCUT2D eigenvalue weighted by Crippen LogP contribution is -2.53. The molecule has 6 heteroatoms. The van der Waals surface area contributed by atoms with E-state index in [4.69, 9.17) is 0 Å². The summed E-state index contributed by atoms with van der Waals surface area (Å²) in [5.41, 5.74) is 0. The lowest BCUT2D eigenvalue weighted by molar-refractivity contribution is -0.132. The van der Waals surface area contributed by atoms with Gasteiger partial charge in [0.25, 0.3) is 0 Å². The van der Waals surface area contributed by atoms with Gasteiger partial charge in [0.1, 0.15) is 12.2 Å². The molecule has 398 valence electrons. The highest BCUT2D eigenvalue weighted by molar-refractivity contribution is 5.80. The number of carbonyl (C=O) groups is 1. The van der Waals surface area contributed by atoms with E-state index in [0.717, 1.165) is 44.9 Å². The van der Waals surface area contributed by atoms with Gasteiger partial charge in [-0.1, -0.05) is 289 Å². The number of hydrogen-bond donors (Lipinski definition) is 5. The third-order valence-corrected chi connectivity index (χ3v) is 14.4. The third kappa shape index (κ3) is 49.6. The number of unbranched alkanes of at least 4 members (excludes halogenated alkanes) is 43. The van der Waals surface area contributed by atoms with Gasteiger partial charge in [0.05, 0.1) is 18.8 Å². The molecule has 5 N–H and O–H groups in total. The van der Waals surface area contributed by atoms with Gasteiger partial charge in [-0.25, -0.2) is 0 Å². The van der Waals surface area contributed by atoms with Gasteiger partial charge in [0.15, 0.2) is 0 Å². The molecule has 0 radical (unpaired) electrons. The minimum atomic E-state index is -1.28. The summed E-state index contributed by atoms with van der Waals surface area (Å²) < 4.78 is 0. The van der Waals surface area contributed by atoms with Crippen LogP contribution in [0.4, 0.5) is 0 Å². The standard InChI is InChI=1S/C61H119NO5/c1-3-5-7-9-11-13-15-17-19-21-23-24-25-26-27-28-29-30-31-32-33-34-35-37-38-40-42-44-46-48-50-52-54-58(64)60(66)57(56-63)62-61(67)59(65)55-53-51-49-47-45-43-41-39-36-22-20-18-16-14-12-10-8-6-4-2/h36,39,46,48,57-60,63-66H,3-35,37-38,40-45,47,49-56H2,1-2H3,(H,62,67)/b39-36-,48-46+. The van der Waals surface area contributed by atoms with E-state index < -0.39 is 36.9 Å². The van der Waals surface area contributed by atoms with Gasteiger partial charge in [-0.15, -0.1) is 0 Å². The molecule has 0 heterocycles. The van der Waals surface area contributed by atoms with Crippen molar-refractivity contribution >= 4 is 5.91 Å². The first-order valence-corrected chi connectivity index (χ1v) is 30.2. The number of allylic oxidation sites excluding steroid dienone is 4. The van der Waals surface area contributed by atoms with Crippen molar-refractivity contribution in [3.05, 3.63) is 24.3 Å². The predicted octanol–water partition coefficient (Wildman–Crippen LogP) is 17.8. The smallest absolute Gasteiger partial charge is 0.249 e. The SMILES string of the molecule is CCCCCCCCCCC/C=C\CCCCCCCCC(O)C(=O)NC(CO)C(O)C(O)CCC/C=C/CCCCCCCCCCCCCCCCCCCCCCCCCCCCC. The number of amides is 1. The van der Waals surface area contributed by atoms with E-state index in [9.17, 15) is 25.2 Å². The van der Waals surface area contributed by atoms with Crippen molar-refractivity contribution in [3.8, 4) is 0 Å². The van der Waals surface area contributed by atoms with Crippen molar-refractivity contribution in [1.82, 2.24) is 5.32 Å². The number of hydrogen-bond acceptors (Lipinski definition) is 5. The van der Waals surface area contributed by atoms with Crippen LogP contribution in [0.3, 0.4) is 0 Å². The van der Waals surface area contributed by atoms with Gasteiger partial charge >= 0.3 is 0 Å². The summed E-state index contributed by atoms with van der Waals surface area (Å²) in [7, 11) is 0. The summed E-state index contributed by atoms with van der Waals surface area (Å²) in [6.45, 7) is 4.08. The second kappa shape index (κ2) is 55.7. The fourth-order valence-corrected chi connectivity index (χ4v) is 9.64. The third-order valence-electron chi connectivity index (χ3n) is 14.4. The quantitative estimate of drug-likeness (QED) is 0.0308. The minimum Gasteiger partial charge on any atom is -0.394 e. The Kier molecular flexibility index (Phi) is 54.7. The van der Waals surface area contributed by atoms with Crippen molar-refractivity contribution in [1.29, 1.82) is 0 Å². The van der Waals surface area contributed by atoms with E-state index >= 15 is 0 Å². The molecule has 0 aliphatic carbocycles. The second-order valence-electron chi connectivity index (χ2n) is 21.0. The molecule has 0 saturated heterocycles. The number of rotatable bonds is 56. The molecule has 4 unspecified atom stereocenters. The van der Waals surface area contributed by atoms with Crippen LogP contribution in [0.5, 0.6) is 0 Å². The highest BCUT2D eigenvalue weighted by Crippen LogP contribution is 2.18. The molecular formula is C61H119NO5. The lowest BCUT2D eigenvalue weighted by atomic mass is 10.00. The van der Waals surface area contributed by atoms with Crippen LogP contribution in [0.1, 0.15) is 328 Å². The zero-order valence-electron chi connectivity index (χ0n) is 45.2. The molecule has 0 spiro atoms. The molecule has 0 aliphatic heterocycles. The highest BCUT2D eigenvalue weighted by atomic mass is 16.3. The molecular weight excluding hydrogens is 827 g/mol.